The third-order valence-corrected chi connectivity index (χ3v) is 2.46. The Bertz CT molecular complexity index is 503. The predicted octanol–water partition coefficient (Wildman–Crippen LogP) is 0.727. The van der Waals surface area contributed by atoms with Crippen LogP contribution in [0.25, 0.3) is 0 Å². The molecule has 0 fully saturated rings. The molecule has 2 rings (SSSR count). The van der Waals surface area contributed by atoms with Gasteiger partial charge in [0.2, 0.25) is 0 Å². The van der Waals surface area contributed by atoms with Crippen molar-refractivity contribution in [3.63, 3.8) is 0 Å². The summed E-state index contributed by atoms with van der Waals surface area (Å²) < 4.78 is 1.69. The molecule has 2 aromatic heterocycles. The fraction of sp³-hybridized carbons (Fsp3) is 0.222. The molecule has 2 aromatic rings. The van der Waals surface area contributed by atoms with Gasteiger partial charge in [-0.05, 0) is 6.07 Å². The Balaban J connectivity index is 1.99. The van der Waals surface area contributed by atoms with E-state index in [9.17, 15) is 4.79 Å². The Kier molecular flexibility index (Phi) is 2.91. The Morgan fingerprint density at radius 1 is 1.69 bits per heavy atom. The first-order valence-electron chi connectivity index (χ1n) is 4.62. The molecule has 0 radical (unpaired) electrons. The number of rotatable bonds is 3. The van der Waals surface area contributed by atoms with Crippen molar-refractivity contribution in [1.82, 2.24) is 25.3 Å². The molecule has 7 heteroatoms. The number of carbonyl (C=O) groups excluding carboxylic acids is 1. The molecule has 0 aromatic carbocycles. The van der Waals surface area contributed by atoms with Crippen LogP contribution in [0.5, 0.6) is 0 Å². The van der Waals surface area contributed by atoms with Crippen molar-refractivity contribution in [3.05, 3.63) is 34.9 Å². The van der Waals surface area contributed by atoms with Crippen LogP contribution in [-0.2, 0) is 13.6 Å². The largest absolute Gasteiger partial charge is 0.345 e. The van der Waals surface area contributed by atoms with E-state index in [2.05, 4.69) is 20.6 Å². The minimum atomic E-state index is -0.288. The molecule has 0 bridgehead atoms. The Labute approximate surface area is 96.6 Å². The number of nitrogens with zero attached hydrogens (tertiary/aromatic N) is 3. The summed E-state index contributed by atoms with van der Waals surface area (Å²) in [6.45, 7) is 0.394. The zero-order chi connectivity index (χ0) is 11.5. The highest BCUT2D eigenvalue weighted by atomic mass is 35.5. The predicted molar refractivity (Wildman–Crippen MR) is 58.0 cm³/mol. The second-order valence-corrected chi connectivity index (χ2v) is 3.63. The summed E-state index contributed by atoms with van der Waals surface area (Å²) in [6.07, 6.45) is 3.06. The Morgan fingerprint density at radius 3 is 3.06 bits per heavy atom. The van der Waals surface area contributed by atoms with E-state index in [-0.39, 0.29) is 11.6 Å². The standard InChI is InChI=1S/C9H10ClN5O/c1-15-6(2-3-13-15)4-11-9(16)8-7(10)5-12-14-8/h2-3,5H,4H2,1H3,(H,11,16)(H,12,14). The van der Waals surface area contributed by atoms with E-state index in [1.54, 1.807) is 10.9 Å². The third-order valence-electron chi connectivity index (χ3n) is 2.17. The van der Waals surface area contributed by atoms with Crippen LogP contribution >= 0.6 is 11.6 Å². The van der Waals surface area contributed by atoms with Gasteiger partial charge in [0.1, 0.15) is 5.69 Å². The van der Waals surface area contributed by atoms with Gasteiger partial charge in [-0.15, -0.1) is 0 Å². The lowest BCUT2D eigenvalue weighted by Crippen LogP contribution is -2.24. The molecule has 0 aliphatic carbocycles. The lowest BCUT2D eigenvalue weighted by molar-refractivity contribution is 0.0945. The summed E-state index contributed by atoms with van der Waals surface area (Å²) in [6, 6.07) is 1.83. The number of halogens is 1. The maximum Gasteiger partial charge on any atom is 0.271 e. The molecule has 0 aliphatic rings. The molecule has 0 atom stereocenters. The molecular weight excluding hydrogens is 230 g/mol. The molecule has 0 saturated carbocycles. The SMILES string of the molecule is Cn1nccc1CNC(=O)c1[nH]ncc1Cl. The number of aromatic amines is 1. The maximum atomic E-state index is 11.6. The minimum absolute atomic E-state index is 0.267. The van der Waals surface area contributed by atoms with Gasteiger partial charge in [0.15, 0.2) is 0 Å². The second kappa shape index (κ2) is 4.36. The average Bonchev–Trinajstić information content (AvgIpc) is 2.84. The first-order valence-corrected chi connectivity index (χ1v) is 5.00. The Hall–Kier alpha value is -1.82. The van der Waals surface area contributed by atoms with Crippen molar-refractivity contribution in [2.75, 3.05) is 0 Å². The van der Waals surface area contributed by atoms with E-state index in [1.165, 1.54) is 6.20 Å². The summed E-state index contributed by atoms with van der Waals surface area (Å²) in [4.78, 5) is 11.6. The third kappa shape index (κ3) is 2.06. The number of hydrogen-bond donors (Lipinski definition) is 2. The zero-order valence-electron chi connectivity index (χ0n) is 8.57. The number of H-pyrrole nitrogens is 1. The van der Waals surface area contributed by atoms with Crippen molar-refractivity contribution in [1.29, 1.82) is 0 Å². The minimum Gasteiger partial charge on any atom is -0.345 e. The number of aromatic nitrogens is 4. The van der Waals surface area contributed by atoms with Crippen LogP contribution in [0.4, 0.5) is 0 Å². The van der Waals surface area contributed by atoms with Crippen molar-refractivity contribution in [3.8, 4) is 0 Å². The molecule has 2 N–H and O–H groups in total. The van der Waals surface area contributed by atoms with Crippen LogP contribution in [0.1, 0.15) is 16.2 Å². The van der Waals surface area contributed by atoms with Gasteiger partial charge >= 0.3 is 0 Å². The summed E-state index contributed by atoms with van der Waals surface area (Å²) in [5.41, 5.74) is 1.17. The summed E-state index contributed by atoms with van der Waals surface area (Å²) in [5, 5.41) is 13.2. The second-order valence-electron chi connectivity index (χ2n) is 3.22. The van der Waals surface area contributed by atoms with Crippen LogP contribution in [-0.4, -0.2) is 25.9 Å². The van der Waals surface area contributed by atoms with E-state index in [0.29, 0.717) is 11.6 Å². The smallest absolute Gasteiger partial charge is 0.271 e. The molecule has 0 aliphatic heterocycles. The van der Waals surface area contributed by atoms with E-state index < -0.39 is 0 Å². The fourth-order valence-electron chi connectivity index (χ4n) is 1.26. The monoisotopic (exact) mass is 239 g/mol. The molecule has 0 unspecified atom stereocenters. The molecule has 0 saturated heterocycles. The van der Waals surface area contributed by atoms with Crippen molar-refractivity contribution in [2.24, 2.45) is 7.05 Å². The van der Waals surface area contributed by atoms with E-state index in [1.807, 2.05) is 13.1 Å². The quantitative estimate of drug-likeness (QED) is 0.829. The van der Waals surface area contributed by atoms with Crippen LogP contribution < -0.4 is 5.32 Å². The number of hydrogen-bond acceptors (Lipinski definition) is 3. The number of aryl methyl sites for hydroxylation is 1. The van der Waals surface area contributed by atoms with Gasteiger partial charge in [-0.1, -0.05) is 11.6 Å². The van der Waals surface area contributed by atoms with E-state index >= 15 is 0 Å². The van der Waals surface area contributed by atoms with Gasteiger partial charge in [0.05, 0.1) is 23.5 Å². The van der Waals surface area contributed by atoms with Gasteiger partial charge in [-0.25, -0.2) is 0 Å². The Morgan fingerprint density at radius 2 is 2.50 bits per heavy atom. The van der Waals surface area contributed by atoms with E-state index in [0.717, 1.165) is 5.69 Å². The molecule has 0 spiro atoms. The molecule has 1 amide bonds. The van der Waals surface area contributed by atoms with Gasteiger partial charge in [0, 0.05) is 13.2 Å². The lowest BCUT2D eigenvalue weighted by Gasteiger charge is -2.04. The van der Waals surface area contributed by atoms with Crippen LogP contribution in [0, 0.1) is 0 Å². The summed E-state index contributed by atoms with van der Waals surface area (Å²) >= 11 is 5.75. The molecule has 84 valence electrons. The first-order chi connectivity index (χ1) is 7.68. The molecule has 6 nitrogen and oxygen atoms in total. The maximum absolute atomic E-state index is 11.6. The molecule has 16 heavy (non-hydrogen) atoms. The zero-order valence-corrected chi connectivity index (χ0v) is 9.32. The van der Waals surface area contributed by atoms with Crippen molar-refractivity contribution < 1.29 is 4.79 Å². The number of amides is 1. The van der Waals surface area contributed by atoms with Crippen LogP contribution in [0.3, 0.4) is 0 Å². The fourth-order valence-corrected chi connectivity index (χ4v) is 1.44. The highest BCUT2D eigenvalue weighted by Gasteiger charge is 2.12. The number of nitrogens with one attached hydrogen (secondary N) is 2. The van der Waals surface area contributed by atoms with Gasteiger partial charge < -0.3 is 5.32 Å². The number of carbonyl (C=O) groups is 1. The topological polar surface area (TPSA) is 75.6 Å². The average molecular weight is 240 g/mol. The molecular formula is C9H10ClN5O. The van der Waals surface area contributed by atoms with Gasteiger partial charge in [-0.2, -0.15) is 10.2 Å². The first kappa shape index (κ1) is 10.7. The van der Waals surface area contributed by atoms with Crippen LogP contribution in [0.15, 0.2) is 18.5 Å². The van der Waals surface area contributed by atoms with Crippen molar-refractivity contribution >= 4 is 17.5 Å². The highest BCUT2D eigenvalue weighted by molar-refractivity contribution is 6.33. The lowest BCUT2D eigenvalue weighted by atomic mass is 10.3. The normalized spacial score (nSPS) is 10.4. The summed E-state index contributed by atoms with van der Waals surface area (Å²) in [7, 11) is 1.81. The van der Waals surface area contributed by atoms with E-state index in [4.69, 9.17) is 11.6 Å². The summed E-state index contributed by atoms with van der Waals surface area (Å²) in [5.74, 6) is -0.288. The van der Waals surface area contributed by atoms with Gasteiger partial charge in [-0.3, -0.25) is 14.6 Å². The molecule has 2 heterocycles. The van der Waals surface area contributed by atoms with Gasteiger partial charge in [0.25, 0.3) is 5.91 Å². The van der Waals surface area contributed by atoms with Crippen molar-refractivity contribution in [2.45, 2.75) is 6.54 Å². The van der Waals surface area contributed by atoms with Crippen LogP contribution in [0.2, 0.25) is 5.02 Å². The highest BCUT2D eigenvalue weighted by Crippen LogP contribution is 2.11.